The summed E-state index contributed by atoms with van der Waals surface area (Å²) in [5, 5.41) is 0. The molecule has 0 heterocycles. The van der Waals surface area contributed by atoms with Gasteiger partial charge >= 0.3 is 0 Å². The standard InChI is InChI=1S/C22H24Cl2O2/c1-14(15-6-10-17(11-7-15)19(25)21(2,3)23)16-8-12-18(13-9-16)20(26)22(4,5)24/h6-14H,1-5H3. The zero-order chi connectivity index (χ0) is 19.7. The first-order valence-corrected chi connectivity index (χ1v) is 9.34. The van der Waals surface area contributed by atoms with Crippen LogP contribution in [0, 0.1) is 0 Å². The van der Waals surface area contributed by atoms with Gasteiger partial charge in [0.1, 0.15) is 9.75 Å². The van der Waals surface area contributed by atoms with Gasteiger partial charge in [0.05, 0.1) is 0 Å². The van der Waals surface area contributed by atoms with Crippen LogP contribution in [0.4, 0.5) is 0 Å². The Kier molecular flexibility index (Phi) is 5.99. The number of ketones is 2. The summed E-state index contributed by atoms with van der Waals surface area (Å²) in [6.45, 7) is 8.86. The zero-order valence-electron chi connectivity index (χ0n) is 15.8. The molecule has 0 atom stereocenters. The summed E-state index contributed by atoms with van der Waals surface area (Å²) in [5.74, 6) is -0.0498. The number of Topliss-reactive ketones (excluding diaryl/α,β-unsaturated/α-hetero) is 2. The topological polar surface area (TPSA) is 34.1 Å². The Bertz CT molecular complexity index is 723. The van der Waals surface area contributed by atoms with Crippen molar-refractivity contribution in [3.8, 4) is 0 Å². The summed E-state index contributed by atoms with van der Waals surface area (Å²) in [7, 11) is 0. The van der Waals surface area contributed by atoms with E-state index in [1.165, 1.54) is 0 Å². The van der Waals surface area contributed by atoms with Gasteiger partial charge in [0.15, 0.2) is 11.6 Å². The third-order valence-electron chi connectivity index (χ3n) is 4.43. The Morgan fingerprint density at radius 2 is 0.962 bits per heavy atom. The van der Waals surface area contributed by atoms with E-state index in [9.17, 15) is 9.59 Å². The SMILES string of the molecule is CC(c1ccc(C(=O)C(C)(C)Cl)cc1)c1ccc(C(=O)C(C)(C)Cl)cc1. The number of carbonyl (C=O) groups excluding carboxylic acids is 2. The third kappa shape index (κ3) is 4.75. The molecule has 0 spiro atoms. The van der Waals surface area contributed by atoms with Crippen LogP contribution in [0.2, 0.25) is 0 Å². The maximum atomic E-state index is 12.2. The average Bonchev–Trinajstić information content (AvgIpc) is 2.58. The Morgan fingerprint density at radius 1 is 0.692 bits per heavy atom. The first-order chi connectivity index (χ1) is 11.9. The van der Waals surface area contributed by atoms with Crippen LogP contribution in [0.3, 0.4) is 0 Å². The maximum Gasteiger partial charge on any atom is 0.183 e. The second kappa shape index (κ2) is 7.54. The lowest BCUT2D eigenvalue weighted by molar-refractivity contribution is 0.0947. The van der Waals surface area contributed by atoms with E-state index in [0.29, 0.717) is 11.1 Å². The van der Waals surface area contributed by atoms with Crippen molar-refractivity contribution in [2.24, 2.45) is 0 Å². The number of hydrogen-bond donors (Lipinski definition) is 0. The normalized spacial score (nSPS) is 12.3. The van der Waals surface area contributed by atoms with Crippen molar-refractivity contribution >= 4 is 34.8 Å². The van der Waals surface area contributed by atoms with Gasteiger partial charge in [0.25, 0.3) is 0 Å². The molecule has 0 radical (unpaired) electrons. The molecule has 0 aliphatic rings. The quantitative estimate of drug-likeness (QED) is 0.432. The van der Waals surface area contributed by atoms with Crippen molar-refractivity contribution in [1.82, 2.24) is 0 Å². The largest absolute Gasteiger partial charge is 0.292 e. The summed E-state index contributed by atoms with van der Waals surface area (Å²) in [6.07, 6.45) is 0. The number of hydrogen-bond acceptors (Lipinski definition) is 2. The molecule has 0 aliphatic carbocycles. The minimum Gasteiger partial charge on any atom is -0.292 e. The molecule has 2 rings (SSSR count). The molecule has 2 aromatic carbocycles. The van der Waals surface area contributed by atoms with Crippen molar-refractivity contribution in [3.63, 3.8) is 0 Å². The predicted octanol–water partition coefficient (Wildman–Crippen LogP) is 6.24. The van der Waals surface area contributed by atoms with Crippen LogP contribution in [0.25, 0.3) is 0 Å². The molecule has 0 aromatic heterocycles. The molecule has 0 aliphatic heterocycles. The molecule has 0 saturated heterocycles. The first-order valence-electron chi connectivity index (χ1n) is 8.58. The lowest BCUT2D eigenvalue weighted by atomic mass is 9.90. The molecular formula is C22H24Cl2O2. The van der Waals surface area contributed by atoms with Gasteiger partial charge < -0.3 is 0 Å². The number of benzene rings is 2. The highest BCUT2D eigenvalue weighted by Gasteiger charge is 2.26. The number of halogens is 2. The summed E-state index contributed by atoms with van der Waals surface area (Å²) < 4.78 is 0. The van der Waals surface area contributed by atoms with Gasteiger partial charge in [0, 0.05) is 17.0 Å². The minimum absolute atomic E-state index is 0.0927. The molecule has 0 saturated carbocycles. The summed E-state index contributed by atoms with van der Waals surface area (Å²) in [6, 6.07) is 15.0. The van der Waals surface area contributed by atoms with E-state index in [1.807, 2.05) is 48.5 Å². The van der Waals surface area contributed by atoms with Crippen LogP contribution in [0.1, 0.15) is 72.4 Å². The molecule has 0 bridgehead atoms. The molecule has 0 N–H and O–H groups in total. The van der Waals surface area contributed by atoms with Gasteiger partial charge in [-0.2, -0.15) is 0 Å². The van der Waals surface area contributed by atoms with E-state index in [2.05, 4.69) is 6.92 Å². The minimum atomic E-state index is -0.911. The maximum absolute atomic E-state index is 12.2. The van der Waals surface area contributed by atoms with E-state index < -0.39 is 9.75 Å². The number of rotatable bonds is 6. The molecule has 0 unspecified atom stereocenters. The van der Waals surface area contributed by atoms with Gasteiger partial charge in [-0.1, -0.05) is 55.5 Å². The van der Waals surface area contributed by atoms with Gasteiger partial charge in [-0.15, -0.1) is 23.2 Å². The van der Waals surface area contributed by atoms with Crippen LogP contribution in [0.15, 0.2) is 48.5 Å². The summed E-state index contributed by atoms with van der Waals surface area (Å²) in [4.78, 5) is 22.6. The fourth-order valence-corrected chi connectivity index (χ4v) is 2.94. The van der Waals surface area contributed by atoms with Crippen LogP contribution in [-0.4, -0.2) is 21.3 Å². The fraction of sp³-hybridized carbons (Fsp3) is 0.364. The van der Waals surface area contributed by atoms with E-state index in [4.69, 9.17) is 23.2 Å². The van der Waals surface area contributed by atoms with Crippen molar-refractivity contribution in [1.29, 1.82) is 0 Å². The van der Waals surface area contributed by atoms with Crippen molar-refractivity contribution in [3.05, 3.63) is 70.8 Å². The van der Waals surface area contributed by atoms with Crippen LogP contribution >= 0.6 is 23.2 Å². The number of alkyl halides is 2. The first kappa shape index (κ1) is 20.7. The van der Waals surface area contributed by atoms with Crippen molar-refractivity contribution < 1.29 is 9.59 Å². The highest BCUT2D eigenvalue weighted by Crippen LogP contribution is 2.27. The second-order valence-electron chi connectivity index (χ2n) is 7.57. The molecule has 2 nitrogen and oxygen atoms in total. The monoisotopic (exact) mass is 390 g/mol. The summed E-state index contributed by atoms with van der Waals surface area (Å²) in [5.41, 5.74) is 3.38. The average molecular weight is 391 g/mol. The fourth-order valence-electron chi connectivity index (χ4n) is 2.73. The Labute approximate surface area is 165 Å². The van der Waals surface area contributed by atoms with Crippen molar-refractivity contribution in [2.45, 2.75) is 50.3 Å². The lowest BCUT2D eigenvalue weighted by Gasteiger charge is -2.17. The highest BCUT2D eigenvalue weighted by atomic mass is 35.5. The molecule has 2 aromatic rings. The van der Waals surface area contributed by atoms with E-state index in [1.54, 1.807) is 27.7 Å². The molecule has 4 heteroatoms. The number of carbonyl (C=O) groups is 2. The summed E-state index contributed by atoms with van der Waals surface area (Å²) >= 11 is 12.2. The zero-order valence-corrected chi connectivity index (χ0v) is 17.3. The lowest BCUT2D eigenvalue weighted by Crippen LogP contribution is -2.24. The van der Waals surface area contributed by atoms with Gasteiger partial charge in [0.2, 0.25) is 0 Å². The Morgan fingerprint density at radius 3 is 1.19 bits per heavy atom. The van der Waals surface area contributed by atoms with Crippen LogP contribution in [0.5, 0.6) is 0 Å². The molecular weight excluding hydrogens is 367 g/mol. The molecule has 0 amide bonds. The van der Waals surface area contributed by atoms with Gasteiger partial charge in [-0.3, -0.25) is 9.59 Å². The third-order valence-corrected chi connectivity index (χ3v) is 4.77. The van der Waals surface area contributed by atoms with E-state index in [0.717, 1.165) is 11.1 Å². The predicted molar refractivity (Wildman–Crippen MR) is 109 cm³/mol. The highest BCUT2D eigenvalue weighted by molar-refractivity contribution is 6.37. The second-order valence-corrected chi connectivity index (χ2v) is 9.46. The van der Waals surface area contributed by atoms with Crippen molar-refractivity contribution in [2.75, 3.05) is 0 Å². The van der Waals surface area contributed by atoms with Crippen LogP contribution < -0.4 is 0 Å². The molecule has 26 heavy (non-hydrogen) atoms. The molecule has 0 fully saturated rings. The molecule has 138 valence electrons. The van der Waals surface area contributed by atoms with Gasteiger partial charge in [-0.05, 0) is 38.8 Å². The van der Waals surface area contributed by atoms with E-state index >= 15 is 0 Å². The smallest absolute Gasteiger partial charge is 0.183 e. The van der Waals surface area contributed by atoms with Crippen LogP contribution in [-0.2, 0) is 0 Å². The Balaban J connectivity index is 2.20. The van der Waals surface area contributed by atoms with Gasteiger partial charge in [-0.25, -0.2) is 0 Å². The van der Waals surface area contributed by atoms with E-state index in [-0.39, 0.29) is 17.5 Å². The Hall–Kier alpha value is -1.64.